The van der Waals surface area contributed by atoms with E-state index in [1.165, 1.54) is 0 Å². The summed E-state index contributed by atoms with van der Waals surface area (Å²) in [5.74, 6) is 0.140. The van der Waals surface area contributed by atoms with Crippen molar-refractivity contribution in [2.24, 2.45) is 0 Å². The largest absolute Gasteiger partial charge is 0.361 e. The average Bonchev–Trinajstić information content (AvgIpc) is 3.23. The van der Waals surface area contributed by atoms with Gasteiger partial charge < -0.3 is 24.0 Å². The van der Waals surface area contributed by atoms with Crippen molar-refractivity contribution in [1.29, 1.82) is 0 Å². The monoisotopic (exact) mass is 426 g/mol. The molecule has 0 bridgehead atoms. The van der Waals surface area contributed by atoms with Crippen LogP contribution in [-0.4, -0.2) is 90.7 Å². The third-order valence-corrected chi connectivity index (χ3v) is 6.32. The number of likely N-dealkylation sites (tertiary alicyclic amines) is 1. The Labute approximate surface area is 182 Å². The van der Waals surface area contributed by atoms with E-state index in [1.54, 1.807) is 18.7 Å². The van der Waals surface area contributed by atoms with Crippen LogP contribution in [0, 0.1) is 13.8 Å². The summed E-state index contributed by atoms with van der Waals surface area (Å²) in [6.45, 7) is 6.42. The maximum Gasteiger partial charge on any atom is 0.259 e. The van der Waals surface area contributed by atoms with Crippen LogP contribution in [0.4, 0.5) is 0 Å². The molecule has 0 N–H and O–H groups in total. The first-order chi connectivity index (χ1) is 14.8. The van der Waals surface area contributed by atoms with Gasteiger partial charge in [-0.25, -0.2) is 0 Å². The Morgan fingerprint density at radius 3 is 2.65 bits per heavy atom. The third kappa shape index (κ3) is 3.85. The zero-order valence-electron chi connectivity index (χ0n) is 18.6. The Morgan fingerprint density at radius 1 is 1.26 bits per heavy atom. The molecule has 2 fully saturated rings. The molecule has 0 saturated carbocycles. The normalized spacial score (nSPS) is 23.9. The maximum absolute atomic E-state index is 13.7. The Kier molecular flexibility index (Phi) is 5.85. The second-order valence-corrected chi connectivity index (χ2v) is 8.68. The molecule has 0 radical (unpaired) electrons. The second kappa shape index (κ2) is 8.43. The van der Waals surface area contributed by atoms with Crippen molar-refractivity contribution in [2.75, 3.05) is 53.4 Å². The average molecular weight is 427 g/mol. The molecule has 2 saturated heterocycles. The van der Waals surface area contributed by atoms with Crippen LogP contribution in [0.3, 0.4) is 0 Å². The number of aryl methyl sites for hydroxylation is 2. The number of carbonyl (C=O) groups excluding carboxylic acids is 2. The van der Waals surface area contributed by atoms with Gasteiger partial charge in [-0.1, -0.05) is 35.5 Å². The van der Waals surface area contributed by atoms with Crippen molar-refractivity contribution in [3.8, 4) is 0 Å². The molecule has 2 aliphatic rings. The highest BCUT2D eigenvalue weighted by Gasteiger charge is 2.58. The van der Waals surface area contributed by atoms with Gasteiger partial charge >= 0.3 is 0 Å². The molecule has 1 spiro atoms. The van der Waals surface area contributed by atoms with Crippen molar-refractivity contribution in [3.63, 3.8) is 0 Å². The molecule has 166 valence electrons. The summed E-state index contributed by atoms with van der Waals surface area (Å²) in [5.41, 5.74) is 1.01. The molecule has 2 amide bonds. The van der Waals surface area contributed by atoms with Crippen LogP contribution in [0.15, 0.2) is 34.9 Å². The van der Waals surface area contributed by atoms with E-state index in [0.717, 1.165) is 12.1 Å². The highest BCUT2D eigenvalue weighted by molar-refractivity contribution is 5.97. The number of benzene rings is 1. The van der Waals surface area contributed by atoms with E-state index in [1.807, 2.05) is 49.3 Å². The first kappa shape index (κ1) is 21.5. The van der Waals surface area contributed by atoms with Crippen LogP contribution in [-0.2, 0) is 9.53 Å². The SMILES string of the molecule is Cc1noc(C)c1C(=O)N1CCO[C@@]2(C1)C(=O)N(CCN(C)C)C[C@H]2c1ccccc1. The fourth-order valence-electron chi connectivity index (χ4n) is 4.65. The molecule has 1 aromatic carbocycles. The smallest absolute Gasteiger partial charge is 0.259 e. The molecule has 0 aliphatic carbocycles. The van der Waals surface area contributed by atoms with E-state index in [4.69, 9.17) is 9.26 Å². The Morgan fingerprint density at radius 2 is 2.00 bits per heavy atom. The molecule has 2 aliphatic heterocycles. The van der Waals surface area contributed by atoms with Crippen LogP contribution < -0.4 is 0 Å². The number of likely N-dealkylation sites (N-methyl/N-ethyl adjacent to an activating group) is 1. The lowest BCUT2D eigenvalue weighted by molar-refractivity contribution is -0.159. The molecule has 8 heteroatoms. The molecular weight excluding hydrogens is 396 g/mol. The number of hydrogen-bond acceptors (Lipinski definition) is 6. The van der Waals surface area contributed by atoms with Crippen molar-refractivity contribution in [3.05, 3.63) is 52.9 Å². The summed E-state index contributed by atoms with van der Waals surface area (Å²) in [5, 5.41) is 3.92. The quantitative estimate of drug-likeness (QED) is 0.724. The van der Waals surface area contributed by atoms with Crippen LogP contribution in [0.1, 0.15) is 33.3 Å². The van der Waals surface area contributed by atoms with Gasteiger partial charge in [0.25, 0.3) is 11.8 Å². The van der Waals surface area contributed by atoms with Gasteiger partial charge in [-0.15, -0.1) is 0 Å². The number of ether oxygens (including phenoxy) is 1. The fourth-order valence-corrected chi connectivity index (χ4v) is 4.65. The van der Waals surface area contributed by atoms with Gasteiger partial charge in [-0.2, -0.15) is 0 Å². The van der Waals surface area contributed by atoms with E-state index in [0.29, 0.717) is 43.3 Å². The predicted octanol–water partition coefficient (Wildman–Crippen LogP) is 1.69. The molecule has 4 rings (SSSR count). The second-order valence-electron chi connectivity index (χ2n) is 8.68. The molecule has 2 aromatic rings. The van der Waals surface area contributed by atoms with Crippen molar-refractivity contribution in [1.82, 2.24) is 19.9 Å². The van der Waals surface area contributed by atoms with Crippen LogP contribution in [0.5, 0.6) is 0 Å². The summed E-state index contributed by atoms with van der Waals surface area (Å²) in [7, 11) is 3.98. The Balaban J connectivity index is 1.67. The van der Waals surface area contributed by atoms with Gasteiger partial charge in [0.1, 0.15) is 11.3 Å². The fraction of sp³-hybridized carbons (Fsp3) is 0.522. The number of morpholine rings is 1. The van der Waals surface area contributed by atoms with Crippen LogP contribution in [0.25, 0.3) is 0 Å². The highest BCUT2D eigenvalue weighted by atomic mass is 16.5. The molecule has 0 unspecified atom stereocenters. The lowest BCUT2D eigenvalue weighted by Gasteiger charge is -2.42. The first-order valence-corrected chi connectivity index (χ1v) is 10.7. The van der Waals surface area contributed by atoms with E-state index < -0.39 is 5.60 Å². The standard InChI is InChI=1S/C23H30N4O4/c1-16-20(17(2)31-24-16)21(28)27-12-13-30-23(15-27)19(18-8-6-5-7-9-18)14-26(22(23)29)11-10-25(3)4/h5-9,19H,10-15H2,1-4H3/t19-,23+/m0/s1. The molecule has 31 heavy (non-hydrogen) atoms. The number of rotatable bonds is 5. The number of hydrogen-bond donors (Lipinski definition) is 0. The topological polar surface area (TPSA) is 79.1 Å². The van der Waals surface area contributed by atoms with Crippen molar-refractivity contribution >= 4 is 11.8 Å². The lowest BCUT2D eigenvalue weighted by atomic mass is 9.83. The lowest BCUT2D eigenvalue weighted by Crippen LogP contribution is -2.59. The van der Waals surface area contributed by atoms with Crippen LogP contribution >= 0.6 is 0 Å². The minimum absolute atomic E-state index is 0.0422. The molecule has 8 nitrogen and oxygen atoms in total. The summed E-state index contributed by atoms with van der Waals surface area (Å²) >= 11 is 0. The van der Waals surface area contributed by atoms with E-state index >= 15 is 0 Å². The number of amides is 2. The van der Waals surface area contributed by atoms with Crippen LogP contribution in [0.2, 0.25) is 0 Å². The van der Waals surface area contributed by atoms with E-state index in [9.17, 15) is 9.59 Å². The van der Waals surface area contributed by atoms with E-state index in [2.05, 4.69) is 10.1 Å². The predicted molar refractivity (Wildman–Crippen MR) is 115 cm³/mol. The van der Waals surface area contributed by atoms with Gasteiger partial charge in [0.15, 0.2) is 5.60 Å². The van der Waals surface area contributed by atoms with Gasteiger partial charge in [-0.3, -0.25) is 9.59 Å². The van der Waals surface area contributed by atoms with Crippen molar-refractivity contribution in [2.45, 2.75) is 25.4 Å². The maximum atomic E-state index is 13.7. The molecule has 1 aromatic heterocycles. The summed E-state index contributed by atoms with van der Waals surface area (Å²) in [6, 6.07) is 9.99. The molecular formula is C23H30N4O4. The summed E-state index contributed by atoms with van der Waals surface area (Å²) < 4.78 is 11.5. The highest BCUT2D eigenvalue weighted by Crippen LogP contribution is 2.42. The van der Waals surface area contributed by atoms with E-state index in [-0.39, 0.29) is 24.3 Å². The number of nitrogens with zero attached hydrogens (tertiary/aromatic N) is 4. The van der Waals surface area contributed by atoms with Gasteiger partial charge in [0, 0.05) is 32.1 Å². The number of aromatic nitrogens is 1. The minimum Gasteiger partial charge on any atom is -0.361 e. The summed E-state index contributed by atoms with van der Waals surface area (Å²) in [4.78, 5) is 32.7. The van der Waals surface area contributed by atoms with Gasteiger partial charge in [0.05, 0.1) is 18.8 Å². The first-order valence-electron chi connectivity index (χ1n) is 10.7. The zero-order chi connectivity index (χ0) is 22.2. The number of carbonyl (C=O) groups is 2. The van der Waals surface area contributed by atoms with Gasteiger partial charge in [-0.05, 0) is 33.5 Å². The molecule has 2 atom stereocenters. The molecule has 3 heterocycles. The van der Waals surface area contributed by atoms with Crippen molar-refractivity contribution < 1.29 is 18.8 Å². The minimum atomic E-state index is -1.08. The Bertz CT molecular complexity index is 938. The zero-order valence-corrected chi connectivity index (χ0v) is 18.6. The van der Waals surface area contributed by atoms with Gasteiger partial charge in [0.2, 0.25) is 0 Å². The third-order valence-electron chi connectivity index (χ3n) is 6.32. The summed E-state index contributed by atoms with van der Waals surface area (Å²) in [6.07, 6.45) is 0. The Hall–Kier alpha value is -2.71.